The lowest BCUT2D eigenvalue weighted by Gasteiger charge is -2.21. The van der Waals surface area contributed by atoms with Crippen molar-refractivity contribution in [3.63, 3.8) is 0 Å². The van der Waals surface area contributed by atoms with Crippen molar-refractivity contribution < 1.29 is 0 Å². The van der Waals surface area contributed by atoms with E-state index in [-0.39, 0.29) is 0 Å². The number of piperidine rings is 1. The Morgan fingerprint density at radius 3 is 2.75 bits per heavy atom. The van der Waals surface area contributed by atoms with Crippen LogP contribution >= 0.6 is 15.9 Å². The van der Waals surface area contributed by atoms with Crippen LogP contribution in [0.1, 0.15) is 49.9 Å². The Bertz CT molecular complexity index is 365. The van der Waals surface area contributed by atoms with Gasteiger partial charge < -0.3 is 5.32 Å². The third kappa shape index (κ3) is 2.18. The highest BCUT2D eigenvalue weighted by Crippen LogP contribution is 2.34. The molecule has 0 spiro atoms. The van der Waals surface area contributed by atoms with Crippen molar-refractivity contribution in [1.82, 2.24) is 15.1 Å². The summed E-state index contributed by atoms with van der Waals surface area (Å²) in [6.45, 7) is 6.64. The first-order valence-electron chi connectivity index (χ1n) is 6.04. The summed E-state index contributed by atoms with van der Waals surface area (Å²) in [5.41, 5.74) is 2.54. The first kappa shape index (κ1) is 12.1. The molecule has 1 aromatic rings. The van der Waals surface area contributed by atoms with E-state index in [4.69, 9.17) is 0 Å². The van der Waals surface area contributed by atoms with E-state index in [2.05, 4.69) is 40.2 Å². The lowest BCUT2D eigenvalue weighted by Crippen LogP contribution is -2.28. The van der Waals surface area contributed by atoms with E-state index in [0.717, 1.165) is 13.1 Å². The molecule has 0 bridgehead atoms. The zero-order valence-electron chi connectivity index (χ0n) is 10.3. The van der Waals surface area contributed by atoms with Gasteiger partial charge in [-0.3, -0.25) is 4.68 Å². The van der Waals surface area contributed by atoms with Gasteiger partial charge in [0, 0.05) is 19.5 Å². The average molecular weight is 286 g/mol. The molecule has 1 fully saturated rings. The van der Waals surface area contributed by atoms with E-state index >= 15 is 0 Å². The fourth-order valence-electron chi connectivity index (χ4n) is 2.51. The summed E-state index contributed by atoms with van der Waals surface area (Å²) in [6.07, 6.45) is 2.50. The summed E-state index contributed by atoms with van der Waals surface area (Å²) >= 11 is 3.73. The number of nitrogens with zero attached hydrogens (tertiary/aromatic N) is 2. The Kier molecular flexibility index (Phi) is 3.70. The normalized spacial score (nSPS) is 21.7. The van der Waals surface area contributed by atoms with E-state index in [1.165, 1.54) is 28.7 Å². The summed E-state index contributed by atoms with van der Waals surface area (Å²) < 4.78 is 3.25. The Hall–Kier alpha value is -0.350. The maximum atomic E-state index is 4.68. The van der Waals surface area contributed by atoms with Gasteiger partial charge in [0.15, 0.2) is 0 Å². The predicted molar refractivity (Wildman–Crippen MR) is 69.8 cm³/mol. The molecule has 16 heavy (non-hydrogen) atoms. The van der Waals surface area contributed by atoms with Crippen LogP contribution in [0, 0.1) is 0 Å². The molecule has 1 aliphatic rings. The highest BCUT2D eigenvalue weighted by molar-refractivity contribution is 9.10. The van der Waals surface area contributed by atoms with Crippen LogP contribution in [0.5, 0.6) is 0 Å². The highest BCUT2D eigenvalue weighted by atomic mass is 79.9. The number of hydrogen-bond acceptors (Lipinski definition) is 2. The predicted octanol–water partition coefficient (Wildman–Crippen LogP) is 2.77. The maximum absolute atomic E-state index is 4.68. The molecule has 0 amide bonds. The molecule has 1 N–H and O–H groups in total. The fourth-order valence-corrected chi connectivity index (χ4v) is 3.62. The van der Waals surface area contributed by atoms with Crippen molar-refractivity contribution in [2.75, 3.05) is 13.1 Å². The number of hydrogen-bond donors (Lipinski definition) is 1. The van der Waals surface area contributed by atoms with Crippen molar-refractivity contribution >= 4 is 15.9 Å². The van der Waals surface area contributed by atoms with Crippen LogP contribution < -0.4 is 5.32 Å². The minimum atomic E-state index is 0.511. The smallest absolute Gasteiger partial charge is 0.0813 e. The van der Waals surface area contributed by atoms with Crippen LogP contribution in [0.2, 0.25) is 0 Å². The summed E-state index contributed by atoms with van der Waals surface area (Å²) in [5, 5.41) is 8.13. The van der Waals surface area contributed by atoms with Crippen LogP contribution in [0.15, 0.2) is 4.47 Å². The maximum Gasteiger partial charge on any atom is 0.0813 e. The molecular weight excluding hydrogens is 266 g/mol. The summed E-state index contributed by atoms with van der Waals surface area (Å²) in [6, 6.07) is 0. The number of aromatic nitrogens is 2. The van der Waals surface area contributed by atoms with Gasteiger partial charge in [-0.1, -0.05) is 13.8 Å². The van der Waals surface area contributed by atoms with E-state index in [1.54, 1.807) is 0 Å². The molecule has 0 aliphatic carbocycles. The minimum absolute atomic E-state index is 0.511. The quantitative estimate of drug-likeness (QED) is 0.906. The number of aryl methyl sites for hydroxylation is 1. The largest absolute Gasteiger partial charge is 0.316 e. The second kappa shape index (κ2) is 4.88. The molecule has 0 saturated carbocycles. The van der Waals surface area contributed by atoms with Gasteiger partial charge in [-0.05, 0) is 41.2 Å². The zero-order chi connectivity index (χ0) is 11.7. The molecule has 1 aromatic heterocycles. The molecule has 2 heterocycles. The SMILES string of the molecule is CC(C)c1c(Br)c(C2CCCNC2)nn1C. The first-order chi connectivity index (χ1) is 7.61. The molecule has 0 radical (unpaired) electrons. The second-order valence-electron chi connectivity index (χ2n) is 4.91. The Morgan fingerprint density at radius 1 is 1.50 bits per heavy atom. The highest BCUT2D eigenvalue weighted by Gasteiger charge is 2.24. The topological polar surface area (TPSA) is 29.9 Å². The van der Waals surface area contributed by atoms with Crippen molar-refractivity contribution in [1.29, 1.82) is 0 Å². The van der Waals surface area contributed by atoms with Gasteiger partial charge >= 0.3 is 0 Å². The van der Waals surface area contributed by atoms with Gasteiger partial charge in [0.1, 0.15) is 0 Å². The average Bonchev–Trinajstić information content (AvgIpc) is 2.55. The Labute approximate surface area is 106 Å². The summed E-state index contributed by atoms with van der Waals surface area (Å²) in [5.74, 6) is 1.08. The molecule has 90 valence electrons. The molecule has 2 rings (SSSR count). The van der Waals surface area contributed by atoms with E-state index in [0.29, 0.717) is 11.8 Å². The Morgan fingerprint density at radius 2 is 2.25 bits per heavy atom. The third-order valence-corrected chi connectivity index (χ3v) is 4.10. The first-order valence-corrected chi connectivity index (χ1v) is 6.83. The van der Waals surface area contributed by atoms with Crippen LogP contribution in [0.3, 0.4) is 0 Å². The van der Waals surface area contributed by atoms with E-state index < -0.39 is 0 Å². The van der Waals surface area contributed by atoms with E-state index in [9.17, 15) is 0 Å². The zero-order valence-corrected chi connectivity index (χ0v) is 11.8. The lowest BCUT2D eigenvalue weighted by atomic mass is 9.95. The van der Waals surface area contributed by atoms with Crippen LogP contribution in [0.4, 0.5) is 0 Å². The fraction of sp³-hybridized carbons (Fsp3) is 0.750. The van der Waals surface area contributed by atoms with E-state index in [1.807, 2.05) is 11.7 Å². The molecule has 0 aromatic carbocycles. The number of halogens is 1. The van der Waals surface area contributed by atoms with Crippen molar-refractivity contribution in [3.05, 3.63) is 15.9 Å². The van der Waals surface area contributed by atoms with Gasteiger partial charge in [-0.2, -0.15) is 5.10 Å². The molecule has 1 saturated heterocycles. The molecular formula is C12H20BrN3. The van der Waals surface area contributed by atoms with Gasteiger partial charge in [-0.15, -0.1) is 0 Å². The minimum Gasteiger partial charge on any atom is -0.316 e. The lowest BCUT2D eigenvalue weighted by molar-refractivity contribution is 0.450. The molecule has 1 aliphatic heterocycles. The molecule has 1 unspecified atom stereocenters. The summed E-state index contributed by atoms with van der Waals surface area (Å²) in [4.78, 5) is 0. The van der Waals surface area contributed by atoms with Gasteiger partial charge in [0.25, 0.3) is 0 Å². The standard InChI is InChI=1S/C12H20BrN3/c1-8(2)12-10(13)11(15-16(12)3)9-5-4-6-14-7-9/h8-9,14H,4-7H2,1-3H3. The number of nitrogens with one attached hydrogen (secondary N) is 1. The third-order valence-electron chi connectivity index (χ3n) is 3.29. The van der Waals surface area contributed by atoms with Crippen LogP contribution in [-0.4, -0.2) is 22.9 Å². The van der Waals surface area contributed by atoms with Crippen LogP contribution in [0.25, 0.3) is 0 Å². The van der Waals surface area contributed by atoms with Crippen molar-refractivity contribution in [3.8, 4) is 0 Å². The monoisotopic (exact) mass is 285 g/mol. The Balaban J connectivity index is 2.30. The van der Waals surface area contributed by atoms with Gasteiger partial charge in [-0.25, -0.2) is 0 Å². The summed E-state index contributed by atoms with van der Waals surface area (Å²) in [7, 11) is 2.04. The molecule has 3 nitrogen and oxygen atoms in total. The molecule has 1 atom stereocenters. The van der Waals surface area contributed by atoms with Crippen molar-refractivity contribution in [2.45, 2.75) is 38.5 Å². The van der Waals surface area contributed by atoms with Crippen LogP contribution in [-0.2, 0) is 7.05 Å². The van der Waals surface area contributed by atoms with Gasteiger partial charge in [0.2, 0.25) is 0 Å². The second-order valence-corrected chi connectivity index (χ2v) is 5.70. The molecule has 4 heteroatoms. The van der Waals surface area contributed by atoms with Crippen molar-refractivity contribution in [2.24, 2.45) is 7.05 Å². The number of rotatable bonds is 2. The van der Waals surface area contributed by atoms with Gasteiger partial charge in [0.05, 0.1) is 15.9 Å².